The number of ether oxygens (including phenoxy) is 1. The maximum atomic E-state index is 9.31. The summed E-state index contributed by atoms with van der Waals surface area (Å²) in [4.78, 5) is 0. The Hall–Kier alpha value is -1.22. The van der Waals surface area contributed by atoms with Crippen LogP contribution in [0.4, 0.5) is 0 Å². The molecule has 13 heavy (non-hydrogen) atoms. The first-order chi connectivity index (χ1) is 6.27. The number of hydrogen-bond donors (Lipinski definition) is 2. The third kappa shape index (κ3) is 2.63. The lowest BCUT2D eigenvalue weighted by molar-refractivity contribution is 0.238. The molecule has 0 unspecified atom stereocenters. The third-order valence-electron chi connectivity index (χ3n) is 1.94. The van der Waals surface area contributed by atoms with Gasteiger partial charge in [0.25, 0.3) is 0 Å². The van der Waals surface area contributed by atoms with Crippen molar-refractivity contribution in [2.45, 2.75) is 6.42 Å². The number of hydrogen-bond acceptors (Lipinski definition) is 3. The molecule has 0 aromatic heterocycles. The van der Waals surface area contributed by atoms with Crippen LogP contribution < -0.4 is 0 Å². The molecule has 1 atom stereocenters. The Balaban J connectivity index is 2.61. The van der Waals surface area contributed by atoms with E-state index in [4.69, 9.17) is 9.84 Å². The van der Waals surface area contributed by atoms with Gasteiger partial charge in [-0.15, -0.1) is 0 Å². The molecule has 0 amide bonds. The van der Waals surface area contributed by atoms with Crippen molar-refractivity contribution in [3.05, 3.63) is 35.8 Å². The van der Waals surface area contributed by atoms with Crippen LogP contribution in [0.25, 0.3) is 0 Å². The fourth-order valence-electron chi connectivity index (χ4n) is 1.25. The van der Waals surface area contributed by atoms with Crippen LogP contribution in [0.5, 0.6) is 0 Å². The van der Waals surface area contributed by atoms with Crippen molar-refractivity contribution in [3.63, 3.8) is 0 Å². The van der Waals surface area contributed by atoms with E-state index >= 15 is 0 Å². The maximum Gasteiger partial charge on any atom is 0.152 e. The van der Waals surface area contributed by atoms with Crippen molar-refractivity contribution in [1.82, 2.24) is 0 Å². The van der Waals surface area contributed by atoms with Crippen molar-refractivity contribution in [2.24, 2.45) is 5.92 Å². The van der Waals surface area contributed by atoms with Gasteiger partial charge in [-0.3, -0.25) is 0 Å². The van der Waals surface area contributed by atoms with E-state index in [0.717, 1.165) is 0 Å². The second-order valence-corrected chi connectivity index (χ2v) is 2.85. The molecule has 0 saturated heterocycles. The summed E-state index contributed by atoms with van der Waals surface area (Å²) in [5.41, 5.74) is 0. The number of aliphatic hydroxyl groups excluding tert-OH is 2. The number of methoxy groups -OCH3 is 1. The van der Waals surface area contributed by atoms with Crippen LogP contribution in [-0.2, 0) is 4.74 Å². The topological polar surface area (TPSA) is 49.7 Å². The molecule has 3 heteroatoms. The molecule has 0 aliphatic heterocycles. The number of aliphatic hydroxyl groups is 2. The number of allylic oxidation sites excluding steroid dienone is 4. The van der Waals surface area contributed by atoms with Gasteiger partial charge in [0.1, 0.15) is 5.76 Å². The van der Waals surface area contributed by atoms with Crippen molar-refractivity contribution < 1.29 is 14.9 Å². The van der Waals surface area contributed by atoms with E-state index in [-0.39, 0.29) is 18.3 Å². The van der Waals surface area contributed by atoms with Gasteiger partial charge in [-0.2, -0.15) is 0 Å². The summed E-state index contributed by atoms with van der Waals surface area (Å²) in [5, 5.41) is 17.9. The summed E-state index contributed by atoms with van der Waals surface area (Å²) in [6, 6.07) is 0. The lowest BCUT2D eigenvalue weighted by Gasteiger charge is -2.15. The molecule has 0 aromatic carbocycles. The molecule has 1 aliphatic rings. The SMILES string of the molecule is COC1=C(O)C=C[C@@H](/C=C/CO)C1. The first-order valence-corrected chi connectivity index (χ1v) is 4.19. The van der Waals surface area contributed by atoms with Gasteiger partial charge in [0.15, 0.2) is 5.76 Å². The molecule has 0 bridgehead atoms. The standard InChI is InChI=1S/C10H14O3/c1-13-10-7-8(3-2-6-11)4-5-9(10)12/h2-5,8,11-12H,6-7H2,1H3/b3-2+/t8-/m1/s1. The van der Waals surface area contributed by atoms with E-state index in [1.165, 1.54) is 7.11 Å². The van der Waals surface area contributed by atoms with E-state index in [1.54, 1.807) is 12.2 Å². The van der Waals surface area contributed by atoms with E-state index in [0.29, 0.717) is 12.2 Å². The molecule has 72 valence electrons. The van der Waals surface area contributed by atoms with Crippen molar-refractivity contribution in [3.8, 4) is 0 Å². The molecule has 3 nitrogen and oxygen atoms in total. The van der Waals surface area contributed by atoms with Gasteiger partial charge >= 0.3 is 0 Å². The van der Waals surface area contributed by atoms with Crippen molar-refractivity contribution in [1.29, 1.82) is 0 Å². The fourth-order valence-corrected chi connectivity index (χ4v) is 1.25. The van der Waals surface area contributed by atoms with Gasteiger partial charge in [0.05, 0.1) is 13.7 Å². The van der Waals surface area contributed by atoms with Crippen LogP contribution in [0.3, 0.4) is 0 Å². The minimum atomic E-state index is 0.0440. The van der Waals surface area contributed by atoms with Crippen LogP contribution >= 0.6 is 0 Å². The summed E-state index contributed by atoms with van der Waals surface area (Å²) in [6.45, 7) is 0.0440. The quantitative estimate of drug-likeness (QED) is 0.651. The van der Waals surface area contributed by atoms with Crippen LogP contribution in [-0.4, -0.2) is 23.9 Å². The van der Waals surface area contributed by atoms with Crippen LogP contribution in [0.1, 0.15) is 6.42 Å². The van der Waals surface area contributed by atoms with Gasteiger partial charge < -0.3 is 14.9 Å². The Bertz CT molecular complexity index is 251. The monoisotopic (exact) mass is 182 g/mol. The van der Waals surface area contributed by atoms with Gasteiger partial charge in [0.2, 0.25) is 0 Å². The zero-order valence-corrected chi connectivity index (χ0v) is 7.60. The van der Waals surface area contributed by atoms with E-state index in [1.807, 2.05) is 12.2 Å². The minimum Gasteiger partial charge on any atom is -0.504 e. The zero-order valence-electron chi connectivity index (χ0n) is 7.60. The molecule has 1 rings (SSSR count). The van der Waals surface area contributed by atoms with Gasteiger partial charge in [-0.1, -0.05) is 18.2 Å². The molecule has 0 fully saturated rings. The molecular formula is C10H14O3. The number of rotatable bonds is 3. The Kier molecular flexibility index (Phi) is 3.58. The first-order valence-electron chi connectivity index (χ1n) is 4.19. The predicted molar refractivity (Wildman–Crippen MR) is 50.1 cm³/mol. The van der Waals surface area contributed by atoms with E-state index in [2.05, 4.69) is 0 Å². The highest BCUT2D eigenvalue weighted by Crippen LogP contribution is 2.23. The smallest absolute Gasteiger partial charge is 0.152 e. The minimum absolute atomic E-state index is 0.0440. The normalized spacial score (nSPS) is 22.8. The molecule has 0 spiro atoms. The highest BCUT2D eigenvalue weighted by Gasteiger charge is 2.13. The van der Waals surface area contributed by atoms with Gasteiger partial charge in [-0.05, 0) is 6.08 Å². The maximum absolute atomic E-state index is 9.31. The molecule has 2 N–H and O–H groups in total. The van der Waals surface area contributed by atoms with Crippen molar-refractivity contribution >= 4 is 0 Å². The summed E-state index contributed by atoms with van der Waals surface area (Å²) in [6.07, 6.45) is 7.72. The Morgan fingerprint density at radius 2 is 2.46 bits per heavy atom. The van der Waals surface area contributed by atoms with Crippen LogP contribution in [0, 0.1) is 5.92 Å². The average Bonchev–Trinajstić information content (AvgIpc) is 2.16. The van der Waals surface area contributed by atoms with E-state index < -0.39 is 0 Å². The molecule has 0 heterocycles. The summed E-state index contributed by atoms with van der Waals surface area (Å²) >= 11 is 0. The Morgan fingerprint density at radius 3 is 3.08 bits per heavy atom. The second-order valence-electron chi connectivity index (χ2n) is 2.85. The Morgan fingerprint density at radius 1 is 1.69 bits per heavy atom. The summed E-state index contributed by atoms with van der Waals surface area (Å²) < 4.78 is 5.00. The average molecular weight is 182 g/mol. The predicted octanol–water partition coefficient (Wildman–Crippen LogP) is 1.53. The van der Waals surface area contributed by atoms with Crippen molar-refractivity contribution in [2.75, 3.05) is 13.7 Å². The highest BCUT2D eigenvalue weighted by atomic mass is 16.5. The van der Waals surface area contributed by atoms with Crippen LogP contribution in [0.15, 0.2) is 35.8 Å². The molecule has 0 aromatic rings. The lowest BCUT2D eigenvalue weighted by Crippen LogP contribution is -2.04. The molecule has 0 saturated carbocycles. The first kappa shape index (κ1) is 9.86. The zero-order chi connectivity index (χ0) is 9.68. The second kappa shape index (κ2) is 4.72. The van der Waals surface area contributed by atoms with E-state index in [9.17, 15) is 5.11 Å². The fraction of sp³-hybridized carbons (Fsp3) is 0.400. The summed E-state index contributed by atoms with van der Waals surface area (Å²) in [5.74, 6) is 0.990. The molecule has 1 aliphatic carbocycles. The molecular weight excluding hydrogens is 168 g/mol. The third-order valence-corrected chi connectivity index (χ3v) is 1.94. The highest BCUT2D eigenvalue weighted by molar-refractivity contribution is 5.24. The Labute approximate surface area is 77.7 Å². The summed E-state index contributed by atoms with van der Waals surface area (Å²) in [7, 11) is 1.54. The largest absolute Gasteiger partial charge is 0.504 e. The van der Waals surface area contributed by atoms with Crippen LogP contribution in [0.2, 0.25) is 0 Å². The van der Waals surface area contributed by atoms with Gasteiger partial charge in [-0.25, -0.2) is 0 Å². The lowest BCUT2D eigenvalue weighted by atomic mass is 9.98. The van der Waals surface area contributed by atoms with Gasteiger partial charge in [0, 0.05) is 12.3 Å². The molecule has 0 radical (unpaired) electrons.